The van der Waals surface area contributed by atoms with E-state index in [1.807, 2.05) is 0 Å². The molecule has 0 aliphatic heterocycles. The van der Waals surface area contributed by atoms with Crippen LogP contribution in [0.4, 0.5) is 17.1 Å². The highest BCUT2D eigenvalue weighted by molar-refractivity contribution is 9.09. The van der Waals surface area contributed by atoms with Crippen LogP contribution in [0, 0.1) is 20.2 Å². The van der Waals surface area contributed by atoms with Crippen LogP contribution in [0.2, 0.25) is 0 Å². The van der Waals surface area contributed by atoms with Crippen LogP contribution < -0.4 is 10.2 Å². The number of unbranched alkanes of at least 4 members (excludes halogenated alkanes) is 3. The molecule has 0 heterocycles. The lowest BCUT2D eigenvalue weighted by Gasteiger charge is -2.23. The number of amides is 1. The number of aliphatic hydroxyl groups is 1. The van der Waals surface area contributed by atoms with Crippen LogP contribution >= 0.6 is 31.9 Å². The van der Waals surface area contributed by atoms with Crippen molar-refractivity contribution in [1.29, 1.82) is 0 Å². The van der Waals surface area contributed by atoms with Gasteiger partial charge in [0, 0.05) is 36.9 Å². The van der Waals surface area contributed by atoms with Crippen molar-refractivity contribution >= 4 is 54.8 Å². The Morgan fingerprint density at radius 3 is 2.10 bits per heavy atom. The molecule has 0 fully saturated rings. The molecule has 12 heteroatoms. The number of carbonyl (C=O) groups is 1. The topological polar surface area (TPSA) is 139 Å². The van der Waals surface area contributed by atoms with E-state index in [4.69, 9.17) is 5.11 Å². The summed E-state index contributed by atoms with van der Waals surface area (Å²) in [6, 6.07) is 2.07. The van der Waals surface area contributed by atoms with E-state index in [9.17, 15) is 25.0 Å². The summed E-state index contributed by atoms with van der Waals surface area (Å²) in [5, 5.41) is 35.4. The van der Waals surface area contributed by atoms with Crippen molar-refractivity contribution in [2.45, 2.75) is 25.7 Å². The SMILES string of the molecule is O=C(NCCCCCCO)c1cc(N(CCBr)CCBr)c([N+](=O)[O-])cc1[N+](=O)[O-]. The number of rotatable bonds is 14. The summed E-state index contributed by atoms with van der Waals surface area (Å²) in [6.45, 7) is 1.29. The highest BCUT2D eigenvalue weighted by Crippen LogP contribution is 2.35. The number of hydrogen-bond donors (Lipinski definition) is 2. The highest BCUT2D eigenvalue weighted by atomic mass is 79.9. The Bertz CT molecular complexity index is 713. The molecule has 1 aromatic rings. The maximum atomic E-state index is 12.6. The number of nitro benzene ring substituents is 2. The number of carbonyl (C=O) groups excluding carboxylic acids is 1. The Morgan fingerprint density at radius 1 is 1.00 bits per heavy atom. The van der Waals surface area contributed by atoms with E-state index < -0.39 is 27.1 Å². The molecule has 1 amide bonds. The number of nitrogens with one attached hydrogen (secondary N) is 1. The molecule has 0 aromatic heterocycles. The van der Waals surface area contributed by atoms with Gasteiger partial charge in [-0.05, 0) is 18.9 Å². The fourth-order valence-corrected chi connectivity index (χ4v) is 3.60. The molecule has 29 heavy (non-hydrogen) atoms. The predicted octanol–water partition coefficient (Wildman–Crippen LogP) is 3.38. The second kappa shape index (κ2) is 13.4. The molecule has 0 aliphatic rings. The Balaban J connectivity index is 3.19. The van der Waals surface area contributed by atoms with Gasteiger partial charge in [-0.3, -0.25) is 25.0 Å². The van der Waals surface area contributed by atoms with Gasteiger partial charge in [-0.2, -0.15) is 0 Å². The number of halogens is 2. The number of anilines is 1. The molecule has 1 rings (SSSR count). The summed E-state index contributed by atoms with van der Waals surface area (Å²) in [5.41, 5.74) is -1.07. The maximum absolute atomic E-state index is 12.6. The predicted molar refractivity (Wildman–Crippen MR) is 117 cm³/mol. The van der Waals surface area contributed by atoms with Gasteiger partial charge in [0.1, 0.15) is 11.3 Å². The third kappa shape index (κ3) is 7.86. The number of hydrogen-bond acceptors (Lipinski definition) is 7. The van der Waals surface area contributed by atoms with E-state index in [0.717, 1.165) is 18.9 Å². The summed E-state index contributed by atoms with van der Waals surface area (Å²) >= 11 is 6.59. The van der Waals surface area contributed by atoms with Crippen molar-refractivity contribution in [3.05, 3.63) is 37.9 Å². The standard InChI is InChI=1S/C17H24Br2N4O6/c18-5-8-21(9-6-19)15-11-13(14(22(26)27)12-16(15)23(28)29)17(25)20-7-3-1-2-4-10-24/h11-12,24H,1-10H2,(H,20,25). The van der Waals surface area contributed by atoms with Crippen molar-refractivity contribution in [2.24, 2.45) is 0 Å². The fraction of sp³-hybridized carbons (Fsp3) is 0.588. The third-order valence-corrected chi connectivity index (χ3v) is 4.86. The van der Waals surface area contributed by atoms with Crippen LogP contribution in [0.5, 0.6) is 0 Å². The minimum absolute atomic E-state index is 0.115. The molecular formula is C17H24Br2N4O6. The molecule has 10 nitrogen and oxygen atoms in total. The van der Waals surface area contributed by atoms with E-state index in [2.05, 4.69) is 37.2 Å². The lowest BCUT2D eigenvalue weighted by Crippen LogP contribution is -2.30. The van der Waals surface area contributed by atoms with Gasteiger partial charge in [-0.15, -0.1) is 0 Å². The summed E-state index contributed by atoms with van der Waals surface area (Å²) in [5.74, 6) is -0.646. The van der Waals surface area contributed by atoms with Crippen LogP contribution in [0.25, 0.3) is 0 Å². The Hall–Kier alpha value is -1.79. The second-order valence-corrected chi connectivity index (χ2v) is 7.72. The molecule has 162 valence electrons. The van der Waals surface area contributed by atoms with Gasteiger partial charge >= 0.3 is 0 Å². The number of nitrogens with zero attached hydrogens (tertiary/aromatic N) is 3. The number of alkyl halides is 2. The van der Waals surface area contributed by atoms with Crippen molar-refractivity contribution in [2.75, 3.05) is 41.8 Å². The van der Waals surface area contributed by atoms with Crippen molar-refractivity contribution in [3.63, 3.8) is 0 Å². The molecule has 0 radical (unpaired) electrons. The van der Waals surface area contributed by atoms with E-state index in [-0.39, 0.29) is 17.9 Å². The van der Waals surface area contributed by atoms with E-state index in [0.29, 0.717) is 43.1 Å². The molecule has 2 N–H and O–H groups in total. The molecule has 1 aromatic carbocycles. The minimum atomic E-state index is -0.785. The normalized spacial score (nSPS) is 10.6. The quantitative estimate of drug-likeness (QED) is 0.160. The summed E-state index contributed by atoms with van der Waals surface area (Å²) in [4.78, 5) is 35.7. The first-order valence-corrected chi connectivity index (χ1v) is 11.3. The zero-order valence-corrected chi connectivity index (χ0v) is 19.0. The Kier molecular flexibility index (Phi) is 11.7. The molecular weight excluding hydrogens is 516 g/mol. The summed E-state index contributed by atoms with van der Waals surface area (Å²) in [7, 11) is 0. The zero-order valence-electron chi connectivity index (χ0n) is 15.8. The van der Waals surface area contributed by atoms with Gasteiger partial charge in [0.2, 0.25) is 0 Å². The third-order valence-electron chi connectivity index (χ3n) is 4.15. The molecule has 0 unspecified atom stereocenters. The van der Waals surface area contributed by atoms with Gasteiger partial charge in [0.25, 0.3) is 17.3 Å². The Morgan fingerprint density at radius 2 is 1.59 bits per heavy atom. The Labute approximate surface area is 185 Å². The molecule has 0 saturated heterocycles. The minimum Gasteiger partial charge on any atom is -0.396 e. The monoisotopic (exact) mass is 538 g/mol. The first kappa shape index (κ1) is 25.2. The first-order chi connectivity index (χ1) is 13.9. The summed E-state index contributed by atoms with van der Waals surface area (Å²) < 4.78 is 0. The lowest BCUT2D eigenvalue weighted by atomic mass is 10.1. The van der Waals surface area contributed by atoms with Crippen LogP contribution in [-0.2, 0) is 0 Å². The largest absolute Gasteiger partial charge is 0.396 e. The lowest BCUT2D eigenvalue weighted by molar-refractivity contribution is -0.393. The van der Waals surface area contributed by atoms with Crippen molar-refractivity contribution in [3.8, 4) is 0 Å². The molecule has 0 spiro atoms. The highest BCUT2D eigenvalue weighted by Gasteiger charge is 2.30. The van der Waals surface area contributed by atoms with Gasteiger partial charge in [-0.25, -0.2) is 0 Å². The molecule has 0 saturated carbocycles. The molecule has 0 aliphatic carbocycles. The van der Waals surface area contributed by atoms with Gasteiger partial charge < -0.3 is 15.3 Å². The van der Waals surface area contributed by atoms with Crippen LogP contribution in [0.15, 0.2) is 12.1 Å². The fourth-order valence-electron chi connectivity index (χ4n) is 2.74. The summed E-state index contributed by atoms with van der Waals surface area (Å²) in [6.07, 6.45) is 2.97. The number of benzene rings is 1. The van der Waals surface area contributed by atoms with E-state index >= 15 is 0 Å². The van der Waals surface area contributed by atoms with Crippen molar-refractivity contribution < 1.29 is 19.7 Å². The zero-order chi connectivity index (χ0) is 21.8. The van der Waals surface area contributed by atoms with E-state index in [1.165, 1.54) is 6.07 Å². The average Bonchev–Trinajstić information content (AvgIpc) is 2.69. The van der Waals surface area contributed by atoms with Gasteiger partial charge in [0.15, 0.2) is 0 Å². The average molecular weight is 540 g/mol. The molecule has 0 atom stereocenters. The van der Waals surface area contributed by atoms with Crippen LogP contribution in [0.3, 0.4) is 0 Å². The number of aliphatic hydroxyl groups excluding tert-OH is 1. The van der Waals surface area contributed by atoms with Gasteiger partial charge in [-0.1, -0.05) is 44.7 Å². The molecule has 0 bridgehead atoms. The van der Waals surface area contributed by atoms with Crippen LogP contribution in [0.1, 0.15) is 36.0 Å². The first-order valence-electron chi connectivity index (χ1n) is 9.10. The van der Waals surface area contributed by atoms with E-state index in [1.54, 1.807) is 4.90 Å². The second-order valence-electron chi connectivity index (χ2n) is 6.13. The maximum Gasteiger partial charge on any atom is 0.299 e. The van der Waals surface area contributed by atoms with Gasteiger partial charge in [0.05, 0.1) is 15.9 Å². The van der Waals surface area contributed by atoms with Crippen LogP contribution in [-0.4, -0.2) is 57.8 Å². The number of nitro groups is 2. The van der Waals surface area contributed by atoms with Crippen molar-refractivity contribution in [1.82, 2.24) is 5.32 Å². The smallest absolute Gasteiger partial charge is 0.299 e.